The SMILES string of the molecule is COc1ccc(S(=O)(=O)N(C(=O)[C@@H]2CCCCN2)C(CCCc2ccccc2)CCCc2ccccc2)cc1OC. The highest BCUT2D eigenvalue weighted by atomic mass is 32.2. The van der Waals surface area contributed by atoms with Crippen molar-refractivity contribution < 1.29 is 22.7 Å². The number of carbonyl (C=O) groups is 1. The summed E-state index contributed by atoms with van der Waals surface area (Å²) in [5.41, 5.74) is 2.40. The summed E-state index contributed by atoms with van der Waals surface area (Å²) in [4.78, 5) is 14.2. The molecule has 7 nitrogen and oxygen atoms in total. The molecular weight excluding hydrogens is 536 g/mol. The van der Waals surface area contributed by atoms with Crippen molar-refractivity contribution in [3.8, 4) is 11.5 Å². The summed E-state index contributed by atoms with van der Waals surface area (Å²) in [6.45, 7) is 0.702. The van der Waals surface area contributed by atoms with E-state index >= 15 is 0 Å². The van der Waals surface area contributed by atoms with Gasteiger partial charge in [0.25, 0.3) is 15.9 Å². The number of rotatable bonds is 14. The molecular formula is C33H42N2O5S. The highest BCUT2D eigenvalue weighted by Gasteiger charge is 2.39. The zero-order valence-corrected chi connectivity index (χ0v) is 24.9. The van der Waals surface area contributed by atoms with Gasteiger partial charge in [-0.2, -0.15) is 0 Å². The smallest absolute Gasteiger partial charge is 0.266 e. The summed E-state index contributed by atoms with van der Waals surface area (Å²) < 4.78 is 40.7. The normalized spacial score (nSPS) is 15.4. The predicted octanol–water partition coefficient (Wildman–Crippen LogP) is 5.78. The molecule has 1 atom stereocenters. The number of sulfonamides is 1. The molecule has 220 valence electrons. The molecule has 4 rings (SSSR count). The lowest BCUT2D eigenvalue weighted by molar-refractivity contribution is -0.131. The van der Waals surface area contributed by atoms with Gasteiger partial charge in [-0.1, -0.05) is 67.1 Å². The lowest BCUT2D eigenvalue weighted by Gasteiger charge is -2.35. The monoisotopic (exact) mass is 578 g/mol. The maximum Gasteiger partial charge on any atom is 0.266 e. The van der Waals surface area contributed by atoms with Gasteiger partial charge >= 0.3 is 0 Å². The van der Waals surface area contributed by atoms with Crippen molar-refractivity contribution in [1.82, 2.24) is 9.62 Å². The molecule has 1 heterocycles. The van der Waals surface area contributed by atoms with Crippen LogP contribution in [0.1, 0.15) is 56.1 Å². The topological polar surface area (TPSA) is 84.9 Å². The summed E-state index contributed by atoms with van der Waals surface area (Å²) in [7, 11) is -1.21. The molecule has 1 aliphatic rings. The van der Waals surface area contributed by atoms with E-state index in [1.54, 1.807) is 6.07 Å². The molecule has 1 N–H and O–H groups in total. The molecule has 3 aromatic rings. The van der Waals surface area contributed by atoms with Gasteiger partial charge in [0.2, 0.25) is 0 Å². The number of nitrogens with zero attached hydrogens (tertiary/aromatic N) is 1. The van der Waals surface area contributed by atoms with Crippen molar-refractivity contribution >= 4 is 15.9 Å². The van der Waals surface area contributed by atoms with Crippen LogP contribution in [0.4, 0.5) is 0 Å². The molecule has 3 aromatic carbocycles. The Balaban J connectivity index is 1.67. The minimum atomic E-state index is -4.19. The van der Waals surface area contributed by atoms with Crippen LogP contribution >= 0.6 is 0 Å². The molecule has 0 aliphatic carbocycles. The van der Waals surface area contributed by atoms with E-state index in [0.29, 0.717) is 37.3 Å². The maximum absolute atomic E-state index is 14.4. The van der Waals surface area contributed by atoms with Crippen molar-refractivity contribution in [2.24, 2.45) is 0 Å². The van der Waals surface area contributed by atoms with E-state index in [4.69, 9.17) is 9.47 Å². The number of hydrogen-bond donors (Lipinski definition) is 1. The van der Waals surface area contributed by atoms with E-state index in [1.807, 2.05) is 36.4 Å². The number of benzene rings is 3. The van der Waals surface area contributed by atoms with Gasteiger partial charge in [0.1, 0.15) is 0 Å². The zero-order valence-electron chi connectivity index (χ0n) is 24.1. The van der Waals surface area contributed by atoms with Crippen LogP contribution in [0.25, 0.3) is 0 Å². The first-order valence-electron chi connectivity index (χ1n) is 14.6. The van der Waals surface area contributed by atoms with Gasteiger partial charge in [0.05, 0.1) is 25.2 Å². The summed E-state index contributed by atoms with van der Waals surface area (Å²) in [6.07, 6.45) is 6.81. The summed E-state index contributed by atoms with van der Waals surface area (Å²) in [5, 5.41) is 3.28. The highest BCUT2D eigenvalue weighted by Crippen LogP contribution is 2.33. The first-order valence-corrected chi connectivity index (χ1v) is 16.0. The van der Waals surface area contributed by atoms with Crippen molar-refractivity contribution in [3.05, 3.63) is 90.0 Å². The average molecular weight is 579 g/mol. The van der Waals surface area contributed by atoms with Crippen LogP contribution in [0.15, 0.2) is 83.8 Å². The van der Waals surface area contributed by atoms with Crippen molar-refractivity contribution in [3.63, 3.8) is 0 Å². The van der Waals surface area contributed by atoms with E-state index < -0.39 is 22.1 Å². The Hall–Kier alpha value is -3.36. The van der Waals surface area contributed by atoms with Crippen LogP contribution in [-0.4, -0.2) is 51.5 Å². The fourth-order valence-corrected chi connectivity index (χ4v) is 7.24. The number of hydrogen-bond acceptors (Lipinski definition) is 6. The maximum atomic E-state index is 14.4. The van der Waals surface area contributed by atoms with E-state index in [-0.39, 0.29) is 10.8 Å². The lowest BCUT2D eigenvalue weighted by Crippen LogP contribution is -2.54. The third-order valence-electron chi connectivity index (χ3n) is 7.76. The number of methoxy groups -OCH3 is 2. The molecule has 0 unspecified atom stereocenters. The summed E-state index contributed by atoms with van der Waals surface area (Å²) in [6, 6.07) is 23.9. The number of carbonyl (C=O) groups excluding carboxylic acids is 1. The second-order valence-electron chi connectivity index (χ2n) is 10.6. The largest absolute Gasteiger partial charge is 0.493 e. The fraction of sp³-hybridized carbons (Fsp3) is 0.424. The van der Waals surface area contributed by atoms with E-state index in [1.165, 1.54) is 41.8 Å². The molecule has 1 aliphatic heterocycles. The number of nitrogens with one attached hydrogen (secondary N) is 1. The number of amides is 1. The second-order valence-corrected chi connectivity index (χ2v) is 12.4. The van der Waals surface area contributed by atoms with Gasteiger partial charge in [-0.25, -0.2) is 12.7 Å². The Morgan fingerprint density at radius 2 is 1.44 bits per heavy atom. The molecule has 0 radical (unpaired) electrons. The van der Waals surface area contributed by atoms with Crippen molar-refractivity contribution in [1.29, 1.82) is 0 Å². The Morgan fingerprint density at radius 3 is 1.95 bits per heavy atom. The molecule has 41 heavy (non-hydrogen) atoms. The summed E-state index contributed by atoms with van der Waals surface area (Å²) >= 11 is 0. The van der Waals surface area contributed by atoms with Crippen molar-refractivity contribution in [2.45, 2.75) is 74.8 Å². The fourth-order valence-electron chi connectivity index (χ4n) is 5.55. The lowest BCUT2D eigenvalue weighted by atomic mass is 9.98. The Labute approximate surface area is 244 Å². The number of ether oxygens (including phenoxy) is 2. The zero-order chi connectivity index (χ0) is 29.1. The Morgan fingerprint density at radius 1 is 0.854 bits per heavy atom. The van der Waals surface area contributed by atoms with Crippen LogP contribution in [0.5, 0.6) is 11.5 Å². The minimum absolute atomic E-state index is 0.0235. The molecule has 1 fully saturated rings. The van der Waals surface area contributed by atoms with E-state index in [9.17, 15) is 13.2 Å². The van der Waals surface area contributed by atoms with Crippen LogP contribution < -0.4 is 14.8 Å². The van der Waals surface area contributed by atoms with Gasteiger partial charge in [-0.3, -0.25) is 4.79 Å². The standard InChI is InChI=1S/C33H42N2O5S/c1-39-31-23-22-29(25-32(31)40-2)41(37,38)35(33(36)30-21-9-10-24-34-30)28(19-11-17-26-13-5-3-6-14-26)20-12-18-27-15-7-4-8-16-27/h3-8,13-16,22-23,25,28,30,34H,9-12,17-21,24H2,1-2H3/t30-/m0/s1. The number of aryl methyl sites for hydroxylation is 2. The van der Waals surface area contributed by atoms with E-state index in [0.717, 1.165) is 38.5 Å². The third-order valence-corrected chi connectivity index (χ3v) is 9.61. The molecule has 1 amide bonds. The molecule has 0 saturated carbocycles. The first-order chi connectivity index (χ1) is 19.9. The molecule has 0 spiro atoms. The minimum Gasteiger partial charge on any atom is -0.493 e. The highest BCUT2D eigenvalue weighted by molar-refractivity contribution is 7.89. The van der Waals surface area contributed by atoms with Crippen molar-refractivity contribution in [2.75, 3.05) is 20.8 Å². The first kappa shape index (κ1) is 30.6. The molecule has 8 heteroatoms. The third kappa shape index (κ3) is 8.11. The quantitative estimate of drug-likeness (QED) is 0.261. The van der Waals surface area contributed by atoms with Gasteiger partial charge < -0.3 is 14.8 Å². The van der Waals surface area contributed by atoms with Crippen LogP contribution in [0, 0.1) is 0 Å². The molecule has 0 aromatic heterocycles. The summed E-state index contributed by atoms with van der Waals surface area (Å²) in [5.74, 6) is 0.367. The Bertz CT molecular complexity index is 1300. The molecule has 1 saturated heterocycles. The van der Waals surface area contributed by atoms with E-state index in [2.05, 4.69) is 29.6 Å². The van der Waals surface area contributed by atoms with Crippen LogP contribution in [0.3, 0.4) is 0 Å². The number of piperidine rings is 1. The Kier molecular flexibility index (Phi) is 11.2. The van der Waals surface area contributed by atoms with Gasteiger partial charge in [0.15, 0.2) is 11.5 Å². The predicted molar refractivity (Wildman–Crippen MR) is 162 cm³/mol. The van der Waals surface area contributed by atoms with Gasteiger partial charge in [-0.15, -0.1) is 0 Å². The van der Waals surface area contributed by atoms with Crippen LogP contribution in [0.2, 0.25) is 0 Å². The molecule has 0 bridgehead atoms. The second kappa shape index (κ2) is 15.0. The van der Waals surface area contributed by atoms with Gasteiger partial charge in [0, 0.05) is 12.1 Å². The average Bonchev–Trinajstić information content (AvgIpc) is 3.01. The van der Waals surface area contributed by atoms with Gasteiger partial charge in [-0.05, 0) is 81.2 Å². The van der Waals surface area contributed by atoms with Crippen LogP contribution in [-0.2, 0) is 27.7 Å².